The molecule has 13 heteroatoms. The molecule has 1 amide bonds. The first-order chi connectivity index (χ1) is 15.7. The van der Waals surface area contributed by atoms with Gasteiger partial charge in [-0.3, -0.25) is 4.79 Å². The molecule has 0 aliphatic carbocycles. The van der Waals surface area contributed by atoms with Crippen molar-refractivity contribution in [3.05, 3.63) is 24.3 Å². The van der Waals surface area contributed by atoms with E-state index >= 15 is 0 Å². The Morgan fingerprint density at radius 3 is 2.85 bits per heavy atom. The number of pyridine rings is 1. The van der Waals surface area contributed by atoms with Gasteiger partial charge in [-0.1, -0.05) is 0 Å². The second-order valence-electron chi connectivity index (χ2n) is 8.04. The number of imidazole rings is 1. The standard InChI is InChI=1S/C20H21F3N8O2/c1-11-26-19(31(28-11)10-20(21,22)23)13-9-29-5-6-33-15-7-16(25-8-12(15)18(29)27-13)30-4-2-3-14(30)17(24)32/h7-9,14H,2-6,10H2,1H3,(H2,24,32). The molecule has 174 valence electrons. The summed E-state index contributed by atoms with van der Waals surface area (Å²) in [6, 6.07) is 1.33. The maximum absolute atomic E-state index is 13.0. The molecule has 0 spiro atoms. The van der Waals surface area contributed by atoms with Gasteiger partial charge in [-0.25, -0.2) is 19.6 Å². The molecular weight excluding hydrogens is 441 g/mol. The van der Waals surface area contributed by atoms with Gasteiger partial charge in [0.15, 0.2) is 5.82 Å². The van der Waals surface area contributed by atoms with Gasteiger partial charge in [-0.05, 0) is 19.8 Å². The van der Waals surface area contributed by atoms with Crippen LogP contribution < -0.4 is 15.4 Å². The van der Waals surface area contributed by atoms with Gasteiger partial charge in [0.1, 0.15) is 48.1 Å². The van der Waals surface area contributed by atoms with Crippen molar-refractivity contribution >= 4 is 11.7 Å². The van der Waals surface area contributed by atoms with E-state index in [0.29, 0.717) is 49.1 Å². The topological polar surface area (TPSA) is 117 Å². The van der Waals surface area contributed by atoms with Crippen molar-refractivity contribution in [1.29, 1.82) is 0 Å². The fourth-order valence-electron chi connectivity index (χ4n) is 4.30. The number of hydrogen-bond acceptors (Lipinski definition) is 7. The van der Waals surface area contributed by atoms with E-state index in [0.717, 1.165) is 11.1 Å². The maximum atomic E-state index is 13.0. The van der Waals surface area contributed by atoms with E-state index in [9.17, 15) is 18.0 Å². The Morgan fingerprint density at radius 2 is 2.09 bits per heavy atom. The number of carbonyl (C=O) groups is 1. The SMILES string of the molecule is Cc1nc(-c2cn3c(n2)-c2cnc(N4CCCC4C(N)=O)cc2OCC3)n(CC(F)(F)F)n1. The van der Waals surface area contributed by atoms with Crippen LogP contribution >= 0.6 is 0 Å². The lowest BCUT2D eigenvalue weighted by Gasteiger charge is -2.23. The molecule has 5 heterocycles. The zero-order valence-corrected chi connectivity index (χ0v) is 17.7. The zero-order chi connectivity index (χ0) is 23.3. The van der Waals surface area contributed by atoms with Crippen molar-refractivity contribution in [2.24, 2.45) is 5.73 Å². The number of alkyl halides is 3. The Kier molecular flexibility index (Phi) is 4.98. The highest BCUT2D eigenvalue weighted by atomic mass is 19.4. The molecular formula is C20H21F3N8O2. The molecule has 0 aromatic carbocycles. The Hall–Kier alpha value is -3.64. The fourth-order valence-corrected chi connectivity index (χ4v) is 4.30. The smallest absolute Gasteiger partial charge is 0.408 e. The number of ether oxygens (including phenoxy) is 1. The van der Waals surface area contributed by atoms with Crippen molar-refractivity contribution in [3.63, 3.8) is 0 Å². The van der Waals surface area contributed by atoms with E-state index in [-0.39, 0.29) is 17.3 Å². The molecule has 1 fully saturated rings. The molecule has 1 saturated heterocycles. The van der Waals surface area contributed by atoms with Crippen LogP contribution in [0.25, 0.3) is 22.9 Å². The average Bonchev–Trinajstić information content (AvgIpc) is 3.43. The van der Waals surface area contributed by atoms with Crippen LogP contribution in [0.2, 0.25) is 0 Å². The second kappa shape index (κ2) is 7.74. The number of nitrogens with two attached hydrogens (primary N) is 1. The minimum absolute atomic E-state index is 0.0406. The van der Waals surface area contributed by atoms with Crippen LogP contribution in [0.4, 0.5) is 19.0 Å². The van der Waals surface area contributed by atoms with Crippen LogP contribution in [0, 0.1) is 6.92 Å². The van der Waals surface area contributed by atoms with Crippen LogP contribution in [0.5, 0.6) is 5.75 Å². The number of aryl methyl sites for hydroxylation is 1. The Bertz CT molecular complexity index is 1220. The van der Waals surface area contributed by atoms with Gasteiger partial charge in [-0.2, -0.15) is 18.3 Å². The highest BCUT2D eigenvalue weighted by molar-refractivity contribution is 5.84. The summed E-state index contributed by atoms with van der Waals surface area (Å²) in [7, 11) is 0. The van der Waals surface area contributed by atoms with Gasteiger partial charge in [0.2, 0.25) is 5.91 Å². The number of rotatable bonds is 4. The molecule has 33 heavy (non-hydrogen) atoms. The van der Waals surface area contributed by atoms with E-state index in [1.807, 2.05) is 4.90 Å². The zero-order valence-electron chi connectivity index (χ0n) is 17.7. The van der Waals surface area contributed by atoms with E-state index in [4.69, 9.17) is 10.5 Å². The third-order valence-corrected chi connectivity index (χ3v) is 5.67. The minimum Gasteiger partial charge on any atom is -0.491 e. The van der Waals surface area contributed by atoms with Gasteiger partial charge < -0.3 is 19.9 Å². The number of amides is 1. The molecule has 2 aliphatic rings. The molecule has 2 N–H and O–H groups in total. The number of aromatic nitrogens is 6. The lowest BCUT2D eigenvalue weighted by atomic mass is 10.2. The van der Waals surface area contributed by atoms with Crippen molar-refractivity contribution in [3.8, 4) is 28.7 Å². The van der Waals surface area contributed by atoms with Crippen molar-refractivity contribution < 1.29 is 22.7 Å². The Labute approximate surface area is 186 Å². The fraction of sp³-hybridized carbons (Fsp3) is 0.450. The summed E-state index contributed by atoms with van der Waals surface area (Å²) in [6.45, 7) is 1.70. The van der Waals surface area contributed by atoms with Crippen LogP contribution in [0.3, 0.4) is 0 Å². The first-order valence-electron chi connectivity index (χ1n) is 10.4. The van der Waals surface area contributed by atoms with Gasteiger partial charge in [0.25, 0.3) is 0 Å². The summed E-state index contributed by atoms with van der Waals surface area (Å²) in [5, 5.41) is 3.87. The number of nitrogens with zero attached hydrogens (tertiary/aromatic N) is 7. The maximum Gasteiger partial charge on any atom is 0.408 e. The average molecular weight is 462 g/mol. The van der Waals surface area contributed by atoms with Gasteiger partial charge in [0.05, 0.1) is 12.1 Å². The molecule has 1 atom stereocenters. The summed E-state index contributed by atoms with van der Waals surface area (Å²) >= 11 is 0. The first-order valence-corrected chi connectivity index (χ1v) is 10.4. The third-order valence-electron chi connectivity index (χ3n) is 5.67. The summed E-state index contributed by atoms with van der Waals surface area (Å²) in [5.74, 6) is 1.47. The third kappa shape index (κ3) is 3.98. The molecule has 10 nitrogen and oxygen atoms in total. The minimum atomic E-state index is -4.44. The lowest BCUT2D eigenvalue weighted by Crippen LogP contribution is -2.40. The summed E-state index contributed by atoms with van der Waals surface area (Å²) in [6.07, 6.45) is 0.298. The number of fused-ring (bicyclic) bond motifs is 3. The lowest BCUT2D eigenvalue weighted by molar-refractivity contribution is -0.142. The first kappa shape index (κ1) is 21.2. The van der Waals surface area contributed by atoms with Gasteiger partial charge in [-0.15, -0.1) is 0 Å². The van der Waals surface area contributed by atoms with E-state index in [1.165, 1.54) is 6.92 Å². The molecule has 3 aromatic rings. The van der Waals surface area contributed by atoms with Gasteiger partial charge >= 0.3 is 6.18 Å². The molecule has 1 unspecified atom stereocenters. The largest absolute Gasteiger partial charge is 0.491 e. The Balaban J connectivity index is 1.52. The van der Waals surface area contributed by atoms with Crippen LogP contribution in [-0.2, 0) is 17.9 Å². The summed E-state index contributed by atoms with van der Waals surface area (Å²) in [5.41, 5.74) is 6.40. The van der Waals surface area contributed by atoms with E-state index < -0.39 is 24.7 Å². The number of halogens is 3. The summed E-state index contributed by atoms with van der Waals surface area (Å²) in [4.78, 5) is 26.9. The van der Waals surface area contributed by atoms with Crippen molar-refractivity contribution in [1.82, 2.24) is 29.3 Å². The van der Waals surface area contributed by atoms with Crippen LogP contribution in [-0.4, -0.2) is 60.6 Å². The van der Waals surface area contributed by atoms with Crippen molar-refractivity contribution in [2.45, 2.75) is 45.1 Å². The highest BCUT2D eigenvalue weighted by Crippen LogP contribution is 2.36. The number of hydrogen-bond donors (Lipinski definition) is 1. The molecule has 0 bridgehead atoms. The number of primary amides is 1. The second-order valence-corrected chi connectivity index (χ2v) is 8.04. The predicted octanol–water partition coefficient (Wildman–Crippen LogP) is 1.92. The highest BCUT2D eigenvalue weighted by Gasteiger charge is 2.33. The number of carbonyl (C=O) groups excluding carboxylic acids is 1. The normalized spacial score (nSPS) is 17.9. The molecule has 3 aromatic heterocycles. The predicted molar refractivity (Wildman–Crippen MR) is 110 cm³/mol. The quantitative estimate of drug-likeness (QED) is 0.630. The Morgan fingerprint density at radius 1 is 1.27 bits per heavy atom. The monoisotopic (exact) mass is 462 g/mol. The van der Waals surface area contributed by atoms with E-state index in [1.54, 1.807) is 23.0 Å². The van der Waals surface area contributed by atoms with Gasteiger partial charge in [0, 0.05) is 25.0 Å². The molecule has 5 rings (SSSR count). The summed E-state index contributed by atoms with van der Waals surface area (Å²) < 4.78 is 47.5. The number of anilines is 1. The van der Waals surface area contributed by atoms with Crippen molar-refractivity contribution in [2.75, 3.05) is 18.1 Å². The van der Waals surface area contributed by atoms with E-state index in [2.05, 4.69) is 20.1 Å². The molecule has 0 saturated carbocycles. The molecule has 0 radical (unpaired) electrons. The van der Waals surface area contributed by atoms with Crippen LogP contribution in [0.15, 0.2) is 18.5 Å². The van der Waals surface area contributed by atoms with Crippen LogP contribution in [0.1, 0.15) is 18.7 Å². The molecule has 2 aliphatic heterocycles.